The molecule has 0 spiro atoms. The van der Waals surface area contributed by atoms with Crippen molar-refractivity contribution in [1.82, 2.24) is 0 Å². The second kappa shape index (κ2) is 17.2. The van der Waals surface area contributed by atoms with Gasteiger partial charge in [-0.2, -0.15) is 0 Å². The summed E-state index contributed by atoms with van der Waals surface area (Å²) in [4.78, 5) is 20.5. The first-order valence-corrected chi connectivity index (χ1v) is 16.6. The van der Waals surface area contributed by atoms with Crippen molar-refractivity contribution >= 4 is 51.2 Å². The molecule has 13 nitrogen and oxygen atoms in total. The van der Waals surface area contributed by atoms with E-state index in [-0.39, 0.29) is 25.0 Å². The van der Waals surface area contributed by atoms with Crippen LogP contribution in [0.4, 0.5) is 0 Å². The van der Waals surface area contributed by atoms with Crippen LogP contribution in [0.3, 0.4) is 0 Å². The van der Waals surface area contributed by atoms with E-state index in [1.165, 1.54) is 0 Å². The van der Waals surface area contributed by atoms with Gasteiger partial charge in [0.05, 0.1) is 17.6 Å². The van der Waals surface area contributed by atoms with Gasteiger partial charge in [0.25, 0.3) is 0 Å². The zero-order valence-corrected chi connectivity index (χ0v) is 23.1. The molecular formula is C19H34N2O11S4. The van der Waals surface area contributed by atoms with Crippen molar-refractivity contribution in [2.45, 2.75) is 37.5 Å². The molecule has 0 saturated carbocycles. The first-order chi connectivity index (χ1) is 16.2. The predicted octanol–water partition coefficient (Wildman–Crippen LogP) is -0.917. The number of sulfone groups is 4. The van der Waals surface area contributed by atoms with Crippen molar-refractivity contribution in [3.63, 3.8) is 0 Å². The van der Waals surface area contributed by atoms with Crippen molar-refractivity contribution in [1.29, 1.82) is 0 Å². The number of nitrogens with two attached hydrogens (primary N) is 2. The fraction of sp³-hybridized carbons (Fsp3) is 0.474. The molecule has 2 atom stereocenters. The van der Waals surface area contributed by atoms with Crippen LogP contribution < -0.4 is 11.5 Å². The maximum atomic E-state index is 11.0. The van der Waals surface area contributed by atoms with E-state index >= 15 is 0 Å². The Morgan fingerprint density at radius 3 is 1.50 bits per heavy atom. The SMILES string of the molecule is C=CS(=O)(=O)C(CC)C(N)=O.C=CS(=O)(=O)CC(N)=O.C=CS(=O)(=O)CCCC(O)CS(=O)(=O)C=C. The molecular weight excluding hydrogens is 560 g/mol. The highest BCUT2D eigenvalue weighted by Gasteiger charge is 2.25. The van der Waals surface area contributed by atoms with E-state index in [4.69, 9.17) is 5.73 Å². The Morgan fingerprint density at radius 2 is 1.25 bits per heavy atom. The van der Waals surface area contributed by atoms with E-state index in [1.807, 2.05) is 0 Å². The molecule has 0 heterocycles. The van der Waals surface area contributed by atoms with Gasteiger partial charge in [-0.05, 0) is 19.3 Å². The molecule has 0 saturated heterocycles. The fourth-order valence-corrected chi connectivity index (χ4v) is 5.10. The molecule has 0 aromatic carbocycles. The summed E-state index contributed by atoms with van der Waals surface area (Å²) in [5.41, 5.74) is 9.43. The second-order valence-corrected chi connectivity index (χ2v) is 14.9. The third-order valence-electron chi connectivity index (χ3n) is 3.81. The van der Waals surface area contributed by atoms with Gasteiger partial charge < -0.3 is 16.6 Å². The summed E-state index contributed by atoms with van der Waals surface area (Å²) in [6.45, 7) is 13.9. The number of carbonyl (C=O) groups excluding carboxylic acids is 2. The molecule has 0 radical (unpaired) electrons. The van der Waals surface area contributed by atoms with Crippen LogP contribution in [0.5, 0.6) is 0 Å². The molecule has 0 aliphatic heterocycles. The van der Waals surface area contributed by atoms with Crippen LogP contribution in [-0.4, -0.2) is 79.2 Å². The van der Waals surface area contributed by atoms with Crippen LogP contribution in [0.1, 0.15) is 26.2 Å². The Hall–Kier alpha value is -2.34. The van der Waals surface area contributed by atoms with Gasteiger partial charge in [0.1, 0.15) is 11.0 Å². The molecule has 5 N–H and O–H groups in total. The highest BCUT2D eigenvalue weighted by molar-refractivity contribution is 7.95. The first-order valence-electron chi connectivity index (χ1n) is 9.83. The van der Waals surface area contributed by atoms with E-state index in [0.29, 0.717) is 5.41 Å². The molecule has 0 bridgehead atoms. The molecule has 0 aromatic rings. The maximum absolute atomic E-state index is 11.0. The highest BCUT2D eigenvalue weighted by Crippen LogP contribution is 2.07. The number of rotatable bonds is 15. The van der Waals surface area contributed by atoms with Crippen LogP contribution >= 0.6 is 0 Å². The number of hydrogen-bond donors (Lipinski definition) is 3. The predicted molar refractivity (Wildman–Crippen MR) is 139 cm³/mol. The Labute approximate surface area is 213 Å². The summed E-state index contributed by atoms with van der Waals surface area (Å²) in [7, 11) is -13.7. The van der Waals surface area contributed by atoms with Crippen LogP contribution in [0.25, 0.3) is 0 Å². The van der Waals surface area contributed by atoms with Gasteiger partial charge in [-0.1, -0.05) is 33.2 Å². The summed E-state index contributed by atoms with van der Waals surface area (Å²) in [6.07, 6.45) is -0.575. The van der Waals surface area contributed by atoms with Gasteiger partial charge in [-0.15, -0.1) is 0 Å². The fourth-order valence-electron chi connectivity index (χ4n) is 1.99. The van der Waals surface area contributed by atoms with Gasteiger partial charge >= 0.3 is 0 Å². The van der Waals surface area contributed by atoms with Crippen molar-refractivity contribution in [2.75, 3.05) is 17.3 Å². The molecule has 0 aliphatic rings. The Morgan fingerprint density at radius 1 is 0.806 bits per heavy atom. The Bertz CT molecular complexity index is 1200. The summed E-state index contributed by atoms with van der Waals surface area (Å²) < 4.78 is 86.7. The highest BCUT2D eigenvalue weighted by atomic mass is 32.2. The quantitative estimate of drug-likeness (QED) is 0.209. The minimum Gasteiger partial charge on any atom is -0.392 e. The van der Waals surface area contributed by atoms with E-state index in [0.717, 1.165) is 16.2 Å². The van der Waals surface area contributed by atoms with Crippen molar-refractivity contribution in [2.24, 2.45) is 11.5 Å². The van der Waals surface area contributed by atoms with E-state index in [2.05, 4.69) is 32.0 Å². The summed E-state index contributed by atoms with van der Waals surface area (Å²) >= 11 is 0. The number of carbonyl (C=O) groups is 2. The van der Waals surface area contributed by atoms with E-state index < -0.39 is 74.0 Å². The lowest BCUT2D eigenvalue weighted by molar-refractivity contribution is -0.118. The molecule has 36 heavy (non-hydrogen) atoms. The standard InChI is InChI=1S/C9H16O5S2.C6H11NO3S.C4H7NO3S/c1-3-15(11,12)7-5-6-9(10)8-16(13,14)4-2;1-3-5(6(7)8)11(9,10)4-2;1-2-9(7,8)3-4(5)6/h3-4,9-10H,1-2,5-8H2;4-5H,2-3H2,1H3,(H2,7,8);2H,1,3H2,(H2,5,6). The normalized spacial score (nSPS) is 13.3. The second-order valence-electron chi connectivity index (χ2n) is 6.82. The zero-order chi connectivity index (χ0) is 29.4. The molecule has 2 unspecified atom stereocenters. The number of aliphatic hydroxyl groups excluding tert-OH is 1. The molecule has 17 heteroatoms. The number of hydrogen-bond acceptors (Lipinski definition) is 11. The lowest BCUT2D eigenvalue weighted by atomic mass is 10.2. The molecule has 0 aromatic heterocycles. The first kappa shape index (κ1) is 38.2. The van der Waals surface area contributed by atoms with Gasteiger partial charge in [-0.3, -0.25) is 9.59 Å². The summed E-state index contributed by atoms with van der Waals surface area (Å²) in [6, 6.07) is 0. The Balaban J connectivity index is -0.000000477. The average Bonchev–Trinajstić information content (AvgIpc) is 2.73. The summed E-state index contributed by atoms with van der Waals surface area (Å²) in [5, 5.41) is 11.3. The maximum Gasteiger partial charge on any atom is 0.236 e. The third kappa shape index (κ3) is 19.9. The topological polar surface area (TPSA) is 243 Å². The van der Waals surface area contributed by atoms with Gasteiger partial charge in [0, 0.05) is 21.6 Å². The molecule has 0 fully saturated rings. The van der Waals surface area contributed by atoms with Crippen molar-refractivity contribution < 1.29 is 48.4 Å². The molecule has 2 amide bonds. The van der Waals surface area contributed by atoms with Crippen molar-refractivity contribution in [3.8, 4) is 0 Å². The minimum absolute atomic E-state index is 0.111. The number of amides is 2. The van der Waals surface area contributed by atoms with E-state index in [1.54, 1.807) is 6.92 Å². The van der Waals surface area contributed by atoms with Crippen LogP contribution in [0.15, 0.2) is 47.9 Å². The minimum atomic E-state index is -3.52. The summed E-state index contributed by atoms with van der Waals surface area (Å²) in [5.74, 6) is -2.91. The molecule has 210 valence electrons. The number of primary amides is 2. The number of aliphatic hydroxyl groups is 1. The van der Waals surface area contributed by atoms with Gasteiger partial charge in [0.2, 0.25) is 11.8 Å². The smallest absolute Gasteiger partial charge is 0.236 e. The monoisotopic (exact) mass is 594 g/mol. The third-order valence-corrected chi connectivity index (χ3v) is 9.55. The van der Waals surface area contributed by atoms with Crippen LogP contribution in [0.2, 0.25) is 0 Å². The van der Waals surface area contributed by atoms with Crippen LogP contribution in [0, 0.1) is 0 Å². The molecule has 0 aliphatic carbocycles. The zero-order valence-electron chi connectivity index (χ0n) is 19.9. The van der Waals surface area contributed by atoms with E-state index in [9.17, 15) is 48.4 Å². The van der Waals surface area contributed by atoms with Crippen LogP contribution in [-0.2, 0) is 48.9 Å². The molecule has 0 rings (SSSR count). The van der Waals surface area contributed by atoms with Crippen molar-refractivity contribution in [3.05, 3.63) is 47.9 Å². The lowest BCUT2D eigenvalue weighted by Crippen LogP contribution is -2.34. The largest absolute Gasteiger partial charge is 0.392 e. The lowest BCUT2D eigenvalue weighted by Gasteiger charge is -2.08. The van der Waals surface area contributed by atoms with Gasteiger partial charge in [-0.25, -0.2) is 33.7 Å². The van der Waals surface area contributed by atoms with Gasteiger partial charge in [0.15, 0.2) is 39.3 Å². The Kier molecular flexibility index (Phi) is 18.2. The average molecular weight is 595 g/mol.